The van der Waals surface area contributed by atoms with E-state index in [2.05, 4.69) is 15.6 Å². The SMILES string of the molecule is Cn1c(=O)c2ccc(C(=O)NC3CCN(C(=O)Nc4ccccc4)CC3)nc2n(C)c1=O. The van der Waals surface area contributed by atoms with Crippen molar-refractivity contribution in [2.45, 2.75) is 18.9 Å². The van der Waals surface area contributed by atoms with Crippen molar-refractivity contribution in [3.8, 4) is 0 Å². The molecule has 0 spiro atoms. The van der Waals surface area contributed by atoms with Gasteiger partial charge in [-0.3, -0.25) is 18.7 Å². The molecule has 2 N–H and O–H groups in total. The number of nitrogens with one attached hydrogen (secondary N) is 2. The number of urea groups is 1. The van der Waals surface area contributed by atoms with Crippen molar-refractivity contribution < 1.29 is 9.59 Å². The van der Waals surface area contributed by atoms with Gasteiger partial charge in [0.1, 0.15) is 11.3 Å². The molecule has 1 aliphatic heterocycles. The Morgan fingerprint density at radius 2 is 1.66 bits per heavy atom. The molecule has 3 aromatic rings. The van der Waals surface area contributed by atoms with Gasteiger partial charge in [-0.15, -0.1) is 0 Å². The molecule has 3 amide bonds. The van der Waals surface area contributed by atoms with Gasteiger partial charge in [-0.05, 0) is 37.1 Å². The van der Waals surface area contributed by atoms with Crippen LogP contribution < -0.4 is 21.9 Å². The van der Waals surface area contributed by atoms with E-state index in [9.17, 15) is 19.2 Å². The second-order valence-electron chi connectivity index (χ2n) is 7.80. The summed E-state index contributed by atoms with van der Waals surface area (Å²) < 4.78 is 2.25. The maximum absolute atomic E-state index is 12.7. The normalized spacial score (nSPS) is 14.4. The summed E-state index contributed by atoms with van der Waals surface area (Å²) in [6, 6.07) is 12.0. The smallest absolute Gasteiger partial charge is 0.332 e. The van der Waals surface area contributed by atoms with Crippen LogP contribution in [-0.2, 0) is 14.1 Å². The van der Waals surface area contributed by atoms with Gasteiger partial charge in [0.25, 0.3) is 11.5 Å². The highest BCUT2D eigenvalue weighted by molar-refractivity contribution is 5.94. The van der Waals surface area contributed by atoms with Crippen molar-refractivity contribution in [3.63, 3.8) is 0 Å². The molecule has 2 aromatic heterocycles. The number of carbonyl (C=O) groups excluding carboxylic acids is 2. The van der Waals surface area contributed by atoms with Gasteiger partial charge in [-0.1, -0.05) is 18.2 Å². The van der Waals surface area contributed by atoms with E-state index in [-0.39, 0.29) is 34.7 Å². The first kappa shape index (κ1) is 21.3. The highest BCUT2D eigenvalue weighted by atomic mass is 16.2. The number of amides is 3. The maximum Gasteiger partial charge on any atom is 0.332 e. The van der Waals surface area contributed by atoms with Crippen molar-refractivity contribution in [2.75, 3.05) is 18.4 Å². The summed E-state index contributed by atoms with van der Waals surface area (Å²) in [7, 11) is 2.91. The number of nitrogens with zero attached hydrogens (tertiary/aromatic N) is 4. The number of piperidine rings is 1. The first-order valence-electron chi connectivity index (χ1n) is 10.3. The second-order valence-corrected chi connectivity index (χ2v) is 7.80. The fourth-order valence-corrected chi connectivity index (χ4v) is 3.79. The highest BCUT2D eigenvalue weighted by Gasteiger charge is 2.25. The molecule has 10 nitrogen and oxygen atoms in total. The van der Waals surface area contributed by atoms with Gasteiger partial charge >= 0.3 is 11.7 Å². The second kappa shape index (κ2) is 8.66. The van der Waals surface area contributed by atoms with Gasteiger partial charge in [0.2, 0.25) is 0 Å². The van der Waals surface area contributed by atoms with Crippen LogP contribution in [0.15, 0.2) is 52.1 Å². The van der Waals surface area contributed by atoms with E-state index in [1.165, 1.54) is 30.8 Å². The lowest BCUT2D eigenvalue weighted by atomic mass is 10.1. The molecule has 0 unspecified atom stereocenters. The van der Waals surface area contributed by atoms with E-state index in [4.69, 9.17) is 0 Å². The summed E-state index contributed by atoms with van der Waals surface area (Å²) in [5.41, 5.74) is 0.0695. The lowest BCUT2D eigenvalue weighted by Crippen LogP contribution is -2.47. The molecule has 10 heteroatoms. The lowest BCUT2D eigenvalue weighted by Gasteiger charge is -2.32. The zero-order chi connectivity index (χ0) is 22.8. The number of carbonyl (C=O) groups is 2. The summed E-state index contributed by atoms with van der Waals surface area (Å²) in [6.45, 7) is 1.03. The summed E-state index contributed by atoms with van der Waals surface area (Å²) in [5, 5.41) is 6.07. The Bertz CT molecular complexity index is 1290. The number of hydrogen-bond donors (Lipinski definition) is 2. The Morgan fingerprint density at radius 3 is 2.34 bits per heavy atom. The quantitative estimate of drug-likeness (QED) is 0.637. The van der Waals surface area contributed by atoms with Crippen molar-refractivity contribution >= 4 is 28.7 Å². The average molecular weight is 436 g/mol. The summed E-state index contributed by atoms with van der Waals surface area (Å²) >= 11 is 0. The summed E-state index contributed by atoms with van der Waals surface area (Å²) in [5.74, 6) is -0.382. The van der Waals surface area contributed by atoms with Crippen LogP contribution in [-0.4, -0.2) is 50.1 Å². The summed E-state index contributed by atoms with van der Waals surface area (Å²) in [6.07, 6.45) is 1.22. The van der Waals surface area contributed by atoms with Crippen molar-refractivity contribution in [3.05, 3.63) is 69.0 Å². The number of likely N-dealkylation sites (tertiary alicyclic amines) is 1. The molecule has 1 saturated heterocycles. The van der Waals surface area contributed by atoms with E-state index in [0.717, 1.165) is 10.3 Å². The monoisotopic (exact) mass is 436 g/mol. The number of benzene rings is 1. The maximum atomic E-state index is 12.7. The van der Waals surface area contributed by atoms with Crippen molar-refractivity contribution in [1.29, 1.82) is 0 Å². The van der Waals surface area contributed by atoms with E-state index >= 15 is 0 Å². The van der Waals surface area contributed by atoms with Crippen molar-refractivity contribution in [2.24, 2.45) is 14.1 Å². The van der Waals surface area contributed by atoms with E-state index < -0.39 is 11.2 Å². The average Bonchev–Trinajstić information content (AvgIpc) is 2.82. The number of anilines is 1. The van der Waals surface area contributed by atoms with E-state index in [1.807, 2.05) is 30.3 Å². The molecular formula is C22H24N6O4. The molecule has 0 radical (unpaired) electrons. The zero-order valence-corrected chi connectivity index (χ0v) is 17.9. The number of pyridine rings is 1. The number of rotatable bonds is 3. The first-order valence-corrected chi connectivity index (χ1v) is 10.3. The minimum absolute atomic E-state index is 0.103. The number of fused-ring (bicyclic) bond motifs is 1. The van der Waals surface area contributed by atoms with Crippen LogP contribution in [0.4, 0.5) is 10.5 Å². The van der Waals surface area contributed by atoms with Crippen LogP contribution in [0.3, 0.4) is 0 Å². The fraction of sp³-hybridized carbons (Fsp3) is 0.318. The molecule has 1 fully saturated rings. The van der Waals surface area contributed by atoms with Gasteiger partial charge in [-0.2, -0.15) is 0 Å². The molecule has 0 aliphatic carbocycles. The van der Waals surface area contributed by atoms with E-state index in [0.29, 0.717) is 25.9 Å². The molecule has 0 saturated carbocycles. The third-order valence-corrected chi connectivity index (χ3v) is 5.68. The lowest BCUT2D eigenvalue weighted by molar-refractivity contribution is 0.0914. The fourth-order valence-electron chi connectivity index (χ4n) is 3.79. The third kappa shape index (κ3) is 4.11. The van der Waals surface area contributed by atoms with Crippen LogP contribution in [0.5, 0.6) is 0 Å². The molecule has 32 heavy (non-hydrogen) atoms. The van der Waals surface area contributed by atoms with Gasteiger partial charge < -0.3 is 15.5 Å². The van der Waals surface area contributed by atoms with Crippen LogP contribution >= 0.6 is 0 Å². The number of para-hydroxylation sites is 1. The van der Waals surface area contributed by atoms with Gasteiger partial charge in [0.05, 0.1) is 5.39 Å². The minimum atomic E-state index is -0.506. The molecule has 4 rings (SSSR count). The van der Waals surface area contributed by atoms with Crippen LogP contribution in [0.2, 0.25) is 0 Å². The Balaban J connectivity index is 1.40. The number of hydrogen-bond acceptors (Lipinski definition) is 5. The standard InChI is InChI=1S/C22H24N6O4/c1-26-18-16(20(30)27(2)22(26)32)8-9-17(25-18)19(29)23-15-10-12-28(13-11-15)21(31)24-14-6-4-3-5-7-14/h3-9,15H,10-13H2,1-2H3,(H,23,29)(H,24,31). The third-order valence-electron chi connectivity index (χ3n) is 5.68. The molecule has 0 bridgehead atoms. The number of aromatic nitrogens is 3. The van der Waals surface area contributed by atoms with Crippen molar-refractivity contribution in [1.82, 2.24) is 24.3 Å². The minimum Gasteiger partial charge on any atom is -0.348 e. The Morgan fingerprint density at radius 1 is 0.969 bits per heavy atom. The summed E-state index contributed by atoms with van der Waals surface area (Å²) in [4.78, 5) is 55.5. The zero-order valence-electron chi connectivity index (χ0n) is 17.9. The predicted molar refractivity (Wildman–Crippen MR) is 120 cm³/mol. The number of aryl methyl sites for hydroxylation is 1. The Kier molecular flexibility index (Phi) is 5.76. The Hall–Kier alpha value is -3.95. The first-order chi connectivity index (χ1) is 15.3. The van der Waals surface area contributed by atoms with Crippen LogP contribution in [0, 0.1) is 0 Å². The molecule has 3 heterocycles. The van der Waals surface area contributed by atoms with Gasteiger partial charge in [0, 0.05) is 38.9 Å². The molecule has 1 aliphatic rings. The largest absolute Gasteiger partial charge is 0.348 e. The van der Waals surface area contributed by atoms with Crippen LogP contribution in [0.1, 0.15) is 23.3 Å². The van der Waals surface area contributed by atoms with Gasteiger partial charge in [-0.25, -0.2) is 14.6 Å². The molecule has 1 aromatic carbocycles. The molecular weight excluding hydrogens is 412 g/mol. The highest BCUT2D eigenvalue weighted by Crippen LogP contribution is 2.14. The topological polar surface area (TPSA) is 118 Å². The Labute approximate surface area is 183 Å². The van der Waals surface area contributed by atoms with Gasteiger partial charge in [0.15, 0.2) is 0 Å². The molecule has 0 atom stereocenters. The predicted octanol–water partition coefficient (Wildman–Crippen LogP) is 1.06. The molecule has 166 valence electrons. The van der Waals surface area contributed by atoms with E-state index in [1.54, 1.807) is 4.90 Å². The van der Waals surface area contributed by atoms with Crippen LogP contribution in [0.25, 0.3) is 11.0 Å².